The Morgan fingerprint density at radius 3 is 2.65 bits per heavy atom. The van der Waals surface area contributed by atoms with Gasteiger partial charge in [-0.3, -0.25) is 4.79 Å². The van der Waals surface area contributed by atoms with Crippen LogP contribution in [0.5, 0.6) is 0 Å². The molecule has 0 spiro atoms. The zero-order chi connectivity index (χ0) is 14.5. The van der Waals surface area contributed by atoms with Crippen LogP contribution in [0.15, 0.2) is 24.3 Å². The molecule has 108 valence electrons. The summed E-state index contributed by atoms with van der Waals surface area (Å²) in [7, 11) is 3.35. The van der Waals surface area contributed by atoms with Crippen molar-refractivity contribution in [2.45, 2.75) is 12.5 Å². The number of carbonyl (C=O) groups is 2. The minimum Gasteiger partial charge on any atom is -0.373 e. The lowest BCUT2D eigenvalue weighted by atomic mass is 10.1. The molecule has 0 fully saturated rings. The molecule has 2 rings (SSSR count). The largest absolute Gasteiger partial charge is 0.373 e. The highest BCUT2D eigenvalue weighted by molar-refractivity contribution is 5.87. The topological polar surface area (TPSA) is 73.5 Å². The number of nitrogens with one attached hydrogen (secondary N) is 3. The molecule has 0 unspecified atom stereocenters. The summed E-state index contributed by atoms with van der Waals surface area (Å²) in [6, 6.07) is 7.52. The first kappa shape index (κ1) is 14.2. The highest BCUT2D eigenvalue weighted by atomic mass is 16.2. The van der Waals surface area contributed by atoms with Gasteiger partial charge in [-0.15, -0.1) is 0 Å². The Hall–Kier alpha value is -2.24. The molecule has 1 aliphatic rings. The van der Waals surface area contributed by atoms with E-state index in [-0.39, 0.29) is 18.0 Å². The summed E-state index contributed by atoms with van der Waals surface area (Å²) in [6.07, 6.45) is 0.700. The van der Waals surface area contributed by atoms with Crippen LogP contribution in [0.2, 0.25) is 0 Å². The summed E-state index contributed by atoms with van der Waals surface area (Å²) in [5.74, 6) is -0.0414. The van der Waals surface area contributed by atoms with Crippen LogP contribution >= 0.6 is 0 Å². The quantitative estimate of drug-likeness (QED) is 0.697. The van der Waals surface area contributed by atoms with Gasteiger partial charge in [0.2, 0.25) is 5.91 Å². The summed E-state index contributed by atoms with van der Waals surface area (Å²) < 4.78 is 0. The Morgan fingerprint density at radius 1 is 1.25 bits per heavy atom. The predicted molar refractivity (Wildman–Crippen MR) is 77.7 cm³/mol. The molecule has 0 saturated heterocycles. The van der Waals surface area contributed by atoms with Crippen LogP contribution in [0.3, 0.4) is 0 Å². The maximum atomic E-state index is 12.0. The first-order valence-corrected chi connectivity index (χ1v) is 6.65. The third-order valence-electron chi connectivity index (χ3n) is 3.19. The lowest BCUT2D eigenvalue weighted by molar-refractivity contribution is -0.121. The number of benzene rings is 1. The van der Waals surface area contributed by atoms with Crippen molar-refractivity contribution in [2.75, 3.05) is 32.5 Å². The van der Waals surface area contributed by atoms with E-state index in [0.717, 1.165) is 11.3 Å². The van der Waals surface area contributed by atoms with Crippen LogP contribution in [-0.4, -0.2) is 50.1 Å². The van der Waals surface area contributed by atoms with Crippen molar-refractivity contribution in [3.8, 4) is 0 Å². The molecule has 0 aliphatic carbocycles. The SMILES string of the molecule is CN(C)C(=O)NCCNC(=O)[C@@H]1Cc2ccccc2N1. The molecular weight excluding hydrogens is 256 g/mol. The van der Waals surface area contributed by atoms with Gasteiger partial charge >= 0.3 is 6.03 Å². The van der Waals surface area contributed by atoms with Crippen molar-refractivity contribution in [2.24, 2.45) is 0 Å². The summed E-state index contributed by atoms with van der Waals surface area (Å²) in [6.45, 7) is 0.843. The van der Waals surface area contributed by atoms with E-state index in [4.69, 9.17) is 0 Å². The molecule has 0 saturated carbocycles. The Morgan fingerprint density at radius 2 is 1.95 bits per heavy atom. The van der Waals surface area contributed by atoms with E-state index in [2.05, 4.69) is 16.0 Å². The number of hydrogen-bond acceptors (Lipinski definition) is 3. The molecule has 0 radical (unpaired) electrons. The van der Waals surface area contributed by atoms with Gasteiger partial charge in [-0.2, -0.15) is 0 Å². The van der Waals surface area contributed by atoms with Crippen LogP contribution in [0, 0.1) is 0 Å². The zero-order valence-corrected chi connectivity index (χ0v) is 11.8. The molecule has 1 aromatic rings. The fourth-order valence-electron chi connectivity index (χ4n) is 2.09. The van der Waals surface area contributed by atoms with E-state index in [1.807, 2.05) is 24.3 Å². The monoisotopic (exact) mass is 276 g/mol. The molecule has 20 heavy (non-hydrogen) atoms. The summed E-state index contributed by atoms with van der Waals surface area (Å²) in [4.78, 5) is 24.7. The number of para-hydroxylation sites is 1. The number of nitrogens with zero attached hydrogens (tertiary/aromatic N) is 1. The number of rotatable bonds is 4. The molecule has 1 aliphatic heterocycles. The average Bonchev–Trinajstić information content (AvgIpc) is 2.86. The average molecular weight is 276 g/mol. The molecule has 3 amide bonds. The third-order valence-corrected chi connectivity index (χ3v) is 3.19. The van der Waals surface area contributed by atoms with Gasteiger partial charge in [-0.1, -0.05) is 18.2 Å². The third kappa shape index (κ3) is 3.40. The number of amides is 3. The van der Waals surface area contributed by atoms with E-state index in [0.29, 0.717) is 19.5 Å². The van der Waals surface area contributed by atoms with Crippen LogP contribution < -0.4 is 16.0 Å². The number of urea groups is 1. The van der Waals surface area contributed by atoms with Crippen molar-refractivity contribution in [3.63, 3.8) is 0 Å². The van der Waals surface area contributed by atoms with Gasteiger partial charge in [0.25, 0.3) is 0 Å². The number of carbonyl (C=O) groups excluding carboxylic acids is 2. The smallest absolute Gasteiger partial charge is 0.316 e. The Kier molecular flexibility index (Phi) is 4.45. The summed E-state index contributed by atoms with van der Waals surface area (Å²) in [5.41, 5.74) is 2.18. The van der Waals surface area contributed by atoms with E-state index in [9.17, 15) is 9.59 Å². The fraction of sp³-hybridized carbons (Fsp3) is 0.429. The molecule has 0 aromatic heterocycles. The standard InChI is InChI=1S/C14H20N4O2/c1-18(2)14(20)16-8-7-15-13(19)12-9-10-5-3-4-6-11(10)17-12/h3-6,12,17H,7-9H2,1-2H3,(H,15,19)(H,16,20)/t12-/m0/s1. The lowest BCUT2D eigenvalue weighted by Gasteiger charge is -2.14. The summed E-state index contributed by atoms with van der Waals surface area (Å²) >= 11 is 0. The fourth-order valence-corrected chi connectivity index (χ4v) is 2.09. The molecule has 6 nitrogen and oxygen atoms in total. The molecule has 6 heteroatoms. The minimum atomic E-state index is -0.225. The van der Waals surface area contributed by atoms with E-state index < -0.39 is 0 Å². The van der Waals surface area contributed by atoms with Crippen molar-refractivity contribution in [1.82, 2.24) is 15.5 Å². The van der Waals surface area contributed by atoms with Crippen LogP contribution in [0.1, 0.15) is 5.56 Å². The van der Waals surface area contributed by atoms with Gasteiger partial charge < -0.3 is 20.9 Å². The van der Waals surface area contributed by atoms with Crippen molar-refractivity contribution >= 4 is 17.6 Å². The van der Waals surface area contributed by atoms with Gasteiger partial charge in [0.1, 0.15) is 6.04 Å². The number of hydrogen-bond donors (Lipinski definition) is 3. The molecular formula is C14H20N4O2. The van der Waals surface area contributed by atoms with E-state index in [1.54, 1.807) is 14.1 Å². The van der Waals surface area contributed by atoms with Gasteiger partial charge in [0.05, 0.1) is 0 Å². The Labute approximate surface area is 118 Å². The van der Waals surface area contributed by atoms with Gasteiger partial charge in [-0.05, 0) is 11.6 Å². The Bertz CT molecular complexity index is 477. The normalized spacial score (nSPS) is 16.0. The second-order valence-electron chi connectivity index (χ2n) is 4.98. The lowest BCUT2D eigenvalue weighted by Crippen LogP contribution is -2.43. The summed E-state index contributed by atoms with van der Waals surface area (Å²) in [5, 5.41) is 8.71. The van der Waals surface area contributed by atoms with Crippen molar-refractivity contribution in [1.29, 1.82) is 0 Å². The molecule has 1 aromatic carbocycles. The molecule has 1 atom stereocenters. The molecule has 3 N–H and O–H groups in total. The van der Waals surface area contributed by atoms with Crippen LogP contribution in [-0.2, 0) is 11.2 Å². The van der Waals surface area contributed by atoms with Gasteiger partial charge in [0, 0.05) is 39.3 Å². The maximum Gasteiger partial charge on any atom is 0.316 e. The highest BCUT2D eigenvalue weighted by Crippen LogP contribution is 2.24. The van der Waals surface area contributed by atoms with E-state index in [1.165, 1.54) is 4.90 Å². The second kappa shape index (κ2) is 6.27. The van der Waals surface area contributed by atoms with Gasteiger partial charge in [-0.25, -0.2) is 4.79 Å². The molecule has 0 bridgehead atoms. The van der Waals surface area contributed by atoms with Crippen molar-refractivity contribution in [3.05, 3.63) is 29.8 Å². The predicted octanol–water partition coefficient (Wildman–Crippen LogP) is 0.411. The Balaban J connectivity index is 1.71. The highest BCUT2D eigenvalue weighted by Gasteiger charge is 2.25. The number of anilines is 1. The minimum absolute atomic E-state index is 0.0414. The van der Waals surface area contributed by atoms with Crippen LogP contribution in [0.4, 0.5) is 10.5 Å². The van der Waals surface area contributed by atoms with Crippen LogP contribution in [0.25, 0.3) is 0 Å². The first-order valence-electron chi connectivity index (χ1n) is 6.65. The molecule has 1 heterocycles. The zero-order valence-electron chi connectivity index (χ0n) is 11.8. The van der Waals surface area contributed by atoms with Gasteiger partial charge in [0.15, 0.2) is 0 Å². The van der Waals surface area contributed by atoms with Crippen molar-refractivity contribution < 1.29 is 9.59 Å². The second-order valence-corrected chi connectivity index (χ2v) is 4.98. The number of fused-ring (bicyclic) bond motifs is 1. The first-order chi connectivity index (χ1) is 9.58. The van der Waals surface area contributed by atoms with E-state index >= 15 is 0 Å². The maximum absolute atomic E-state index is 12.0.